The van der Waals surface area contributed by atoms with Crippen molar-refractivity contribution < 1.29 is 5.11 Å². The van der Waals surface area contributed by atoms with Crippen molar-refractivity contribution in [3.63, 3.8) is 0 Å². The molecule has 3 rings (SSSR count). The van der Waals surface area contributed by atoms with Gasteiger partial charge in [0, 0.05) is 10.4 Å². The quantitative estimate of drug-likeness (QED) is 0.509. The van der Waals surface area contributed by atoms with E-state index < -0.39 is 0 Å². The maximum Gasteiger partial charge on any atom is 0.282 e. The third kappa shape index (κ3) is 4.03. The van der Waals surface area contributed by atoms with Gasteiger partial charge in [-0.05, 0) is 42.3 Å². The molecule has 0 aliphatic rings. The molecular weight excluding hydrogens is 453 g/mol. The van der Waals surface area contributed by atoms with Gasteiger partial charge in [0.1, 0.15) is 5.82 Å². The summed E-state index contributed by atoms with van der Waals surface area (Å²) in [5, 5.41) is 14.7. The first-order valence-electron chi connectivity index (χ1n) is 8.26. The Morgan fingerprint density at radius 2 is 1.96 bits per heavy atom. The standard InChI is InChI=1S/C19H16BrCl2N3O2/c1-3-10(2)18-24-16-5-4-12(20)8-13(16)19(27)25(18)23-9-11-6-14(21)17(26)15(22)7-11/h4-10,26H,3H2,1-2H3/t10-/m0/s1. The van der Waals surface area contributed by atoms with Gasteiger partial charge < -0.3 is 5.11 Å². The number of aromatic hydroxyl groups is 1. The fourth-order valence-corrected chi connectivity index (χ4v) is 3.43. The van der Waals surface area contributed by atoms with E-state index in [4.69, 9.17) is 23.2 Å². The highest BCUT2D eigenvalue weighted by atomic mass is 79.9. The number of rotatable bonds is 4. The van der Waals surface area contributed by atoms with Crippen molar-refractivity contribution >= 4 is 56.2 Å². The number of aromatic nitrogens is 2. The molecule has 0 unspecified atom stereocenters. The van der Waals surface area contributed by atoms with E-state index in [9.17, 15) is 9.90 Å². The molecule has 0 spiro atoms. The van der Waals surface area contributed by atoms with Gasteiger partial charge in [0.15, 0.2) is 5.75 Å². The molecule has 5 nitrogen and oxygen atoms in total. The Kier molecular flexibility index (Phi) is 5.89. The number of benzene rings is 2. The van der Waals surface area contributed by atoms with Crippen LogP contribution in [0, 0.1) is 0 Å². The van der Waals surface area contributed by atoms with Crippen molar-refractivity contribution in [2.45, 2.75) is 26.2 Å². The minimum absolute atomic E-state index is 0.0369. The predicted octanol–water partition coefficient (Wildman–Crippen LogP) is 5.57. The van der Waals surface area contributed by atoms with Crippen LogP contribution in [0.2, 0.25) is 10.0 Å². The fourth-order valence-electron chi connectivity index (χ4n) is 2.56. The van der Waals surface area contributed by atoms with Crippen molar-refractivity contribution in [2.24, 2.45) is 5.10 Å². The first kappa shape index (κ1) is 19.9. The lowest BCUT2D eigenvalue weighted by atomic mass is 10.1. The number of nitrogens with zero attached hydrogens (tertiary/aromatic N) is 3. The summed E-state index contributed by atoms with van der Waals surface area (Å²) in [6, 6.07) is 8.42. The van der Waals surface area contributed by atoms with Crippen LogP contribution in [0.5, 0.6) is 5.75 Å². The summed E-state index contributed by atoms with van der Waals surface area (Å²) >= 11 is 15.3. The second kappa shape index (κ2) is 8.00. The van der Waals surface area contributed by atoms with Crippen LogP contribution in [-0.2, 0) is 0 Å². The van der Waals surface area contributed by atoms with Crippen molar-refractivity contribution in [3.05, 3.63) is 66.6 Å². The smallest absolute Gasteiger partial charge is 0.282 e. The van der Waals surface area contributed by atoms with Crippen LogP contribution >= 0.6 is 39.1 Å². The summed E-state index contributed by atoms with van der Waals surface area (Å²) in [6.45, 7) is 4.02. The highest BCUT2D eigenvalue weighted by Gasteiger charge is 2.15. The topological polar surface area (TPSA) is 67.5 Å². The van der Waals surface area contributed by atoms with Crippen molar-refractivity contribution in [1.29, 1.82) is 0 Å². The van der Waals surface area contributed by atoms with E-state index in [0.29, 0.717) is 22.3 Å². The molecule has 1 N–H and O–H groups in total. The lowest BCUT2D eigenvalue weighted by Gasteiger charge is -2.14. The second-order valence-electron chi connectivity index (χ2n) is 6.14. The predicted molar refractivity (Wildman–Crippen MR) is 114 cm³/mol. The van der Waals surface area contributed by atoms with Crippen LogP contribution in [-0.4, -0.2) is 21.0 Å². The van der Waals surface area contributed by atoms with E-state index >= 15 is 0 Å². The molecule has 0 saturated heterocycles. The van der Waals surface area contributed by atoms with E-state index in [1.807, 2.05) is 19.9 Å². The molecular formula is C19H16BrCl2N3O2. The number of fused-ring (bicyclic) bond motifs is 1. The average Bonchev–Trinajstić information content (AvgIpc) is 2.64. The number of hydrogen-bond donors (Lipinski definition) is 1. The number of phenols is 1. The van der Waals surface area contributed by atoms with E-state index in [-0.39, 0.29) is 27.3 Å². The minimum Gasteiger partial charge on any atom is -0.505 e. The van der Waals surface area contributed by atoms with Crippen molar-refractivity contribution in [1.82, 2.24) is 9.66 Å². The van der Waals surface area contributed by atoms with Gasteiger partial charge >= 0.3 is 0 Å². The number of halogens is 3. The van der Waals surface area contributed by atoms with Gasteiger partial charge in [-0.25, -0.2) is 4.98 Å². The Morgan fingerprint density at radius 3 is 2.59 bits per heavy atom. The van der Waals surface area contributed by atoms with E-state index in [1.54, 1.807) is 12.1 Å². The molecule has 0 aliphatic heterocycles. The molecule has 0 bridgehead atoms. The van der Waals surface area contributed by atoms with E-state index in [1.165, 1.54) is 23.0 Å². The Balaban J connectivity index is 2.19. The zero-order valence-electron chi connectivity index (χ0n) is 14.6. The van der Waals surface area contributed by atoms with Crippen LogP contribution in [0.1, 0.15) is 37.6 Å². The van der Waals surface area contributed by atoms with Gasteiger partial charge in [-0.2, -0.15) is 9.78 Å². The molecule has 140 valence electrons. The zero-order chi connectivity index (χ0) is 19.7. The maximum atomic E-state index is 13.0. The molecule has 0 amide bonds. The Bertz CT molecular complexity index is 1090. The van der Waals surface area contributed by atoms with Gasteiger partial charge in [0.2, 0.25) is 0 Å². The summed E-state index contributed by atoms with van der Waals surface area (Å²) in [7, 11) is 0. The minimum atomic E-state index is -0.260. The largest absolute Gasteiger partial charge is 0.505 e. The summed E-state index contributed by atoms with van der Waals surface area (Å²) in [5.74, 6) is 0.421. The molecule has 0 aliphatic carbocycles. The van der Waals surface area contributed by atoms with Crippen LogP contribution < -0.4 is 5.56 Å². The maximum absolute atomic E-state index is 13.0. The first-order chi connectivity index (χ1) is 12.8. The van der Waals surface area contributed by atoms with E-state index in [2.05, 4.69) is 26.0 Å². The summed E-state index contributed by atoms with van der Waals surface area (Å²) in [6.07, 6.45) is 2.27. The highest BCUT2D eigenvalue weighted by molar-refractivity contribution is 9.10. The average molecular weight is 469 g/mol. The van der Waals surface area contributed by atoms with Gasteiger partial charge in [0.05, 0.1) is 27.2 Å². The lowest BCUT2D eigenvalue weighted by Crippen LogP contribution is -2.23. The molecule has 3 aromatic rings. The van der Waals surface area contributed by atoms with Crippen LogP contribution in [0.15, 0.2) is 44.7 Å². The van der Waals surface area contributed by atoms with E-state index in [0.717, 1.165) is 10.9 Å². The number of hydrogen-bond acceptors (Lipinski definition) is 4. The van der Waals surface area contributed by atoms with Crippen LogP contribution in [0.3, 0.4) is 0 Å². The molecule has 1 aromatic heterocycles. The van der Waals surface area contributed by atoms with Gasteiger partial charge in [0.25, 0.3) is 5.56 Å². The second-order valence-corrected chi connectivity index (χ2v) is 7.87. The molecule has 1 atom stereocenters. The third-order valence-corrected chi connectivity index (χ3v) is 5.32. The molecule has 0 radical (unpaired) electrons. The Labute approximate surface area is 174 Å². The molecule has 8 heteroatoms. The normalized spacial score (nSPS) is 12.8. The zero-order valence-corrected chi connectivity index (χ0v) is 17.7. The van der Waals surface area contributed by atoms with Gasteiger partial charge in [-0.1, -0.05) is 53.0 Å². The van der Waals surface area contributed by atoms with Gasteiger partial charge in [-0.15, -0.1) is 0 Å². The molecule has 0 saturated carbocycles. The summed E-state index contributed by atoms with van der Waals surface area (Å²) in [5.41, 5.74) is 0.920. The molecule has 27 heavy (non-hydrogen) atoms. The fraction of sp³-hybridized carbons (Fsp3) is 0.211. The highest BCUT2D eigenvalue weighted by Crippen LogP contribution is 2.32. The Morgan fingerprint density at radius 1 is 1.30 bits per heavy atom. The lowest BCUT2D eigenvalue weighted by molar-refractivity contribution is 0.476. The molecule has 2 aromatic carbocycles. The monoisotopic (exact) mass is 467 g/mol. The van der Waals surface area contributed by atoms with Crippen LogP contribution in [0.25, 0.3) is 10.9 Å². The van der Waals surface area contributed by atoms with Crippen LogP contribution in [0.4, 0.5) is 0 Å². The third-order valence-electron chi connectivity index (χ3n) is 4.25. The molecule has 1 heterocycles. The summed E-state index contributed by atoms with van der Waals surface area (Å²) < 4.78 is 2.09. The SMILES string of the molecule is CC[C@H](C)c1nc2ccc(Br)cc2c(=O)n1N=Cc1cc(Cl)c(O)c(Cl)c1. The van der Waals surface area contributed by atoms with Gasteiger partial charge in [-0.3, -0.25) is 4.79 Å². The first-order valence-corrected chi connectivity index (χ1v) is 9.81. The van der Waals surface area contributed by atoms with Crippen molar-refractivity contribution in [2.75, 3.05) is 0 Å². The Hall–Kier alpha value is -1.89. The molecule has 0 fully saturated rings. The summed E-state index contributed by atoms with van der Waals surface area (Å²) in [4.78, 5) is 17.7. The van der Waals surface area contributed by atoms with Crippen molar-refractivity contribution in [3.8, 4) is 5.75 Å². The number of phenolic OH excluding ortho intramolecular Hbond substituents is 1.